The lowest BCUT2D eigenvalue weighted by Gasteiger charge is -2.29. The Labute approximate surface area is 87.0 Å². The van der Waals surface area contributed by atoms with E-state index in [1.54, 1.807) is 0 Å². The molecule has 0 rings (SSSR count). The van der Waals surface area contributed by atoms with Crippen LogP contribution in [0.4, 0.5) is 0 Å². The molecule has 13 heavy (non-hydrogen) atoms. The van der Waals surface area contributed by atoms with Crippen LogP contribution in [0.5, 0.6) is 0 Å². The van der Waals surface area contributed by atoms with Gasteiger partial charge in [0.25, 0.3) is 0 Å². The number of thioether (sulfide) groups is 1. The summed E-state index contributed by atoms with van der Waals surface area (Å²) in [5.74, 6) is 0. The molecule has 3 heteroatoms. The van der Waals surface area contributed by atoms with Crippen molar-refractivity contribution in [2.45, 2.75) is 37.9 Å². The lowest BCUT2D eigenvalue weighted by atomic mass is 10.0. The standard InChI is InChI=1S/C10H24N2S/c1-4-10(5-2,13-3)9-12-8-6-7-11/h12H,4-9,11H2,1-3H3. The van der Waals surface area contributed by atoms with Crippen LogP contribution in [-0.2, 0) is 0 Å². The third-order valence-electron chi connectivity index (χ3n) is 2.73. The normalized spacial score (nSPS) is 12.0. The van der Waals surface area contributed by atoms with Crippen LogP contribution in [0.3, 0.4) is 0 Å². The Bertz CT molecular complexity index is 105. The summed E-state index contributed by atoms with van der Waals surface area (Å²) in [5.41, 5.74) is 5.43. The van der Waals surface area contributed by atoms with Crippen molar-refractivity contribution in [1.29, 1.82) is 0 Å². The molecule has 0 radical (unpaired) electrons. The molecule has 0 heterocycles. The SMILES string of the molecule is CCC(CC)(CNCCCN)SC. The highest BCUT2D eigenvalue weighted by atomic mass is 32.2. The van der Waals surface area contributed by atoms with Gasteiger partial charge in [-0.05, 0) is 38.6 Å². The first kappa shape index (κ1) is 13.3. The number of hydrogen-bond acceptors (Lipinski definition) is 3. The second-order valence-corrected chi connectivity index (χ2v) is 4.69. The predicted molar refractivity (Wildman–Crippen MR) is 63.4 cm³/mol. The van der Waals surface area contributed by atoms with Gasteiger partial charge in [0.2, 0.25) is 0 Å². The Kier molecular flexibility index (Phi) is 7.81. The molecule has 0 aliphatic carbocycles. The summed E-state index contributed by atoms with van der Waals surface area (Å²) in [6.07, 6.45) is 5.76. The van der Waals surface area contributed by atoms with E-state index in [9.17, 15) is 0 Å². The Morgan fingerprint density at radius 1 is 1.31 bits per heavy atom. The van der Waals surface area contributed by atoms with Crippen LogP contribution >= 0.6 is 11.8 Å². The maximum absolute atomic E-state index is 5.43. The topological polar surface area (TPSA) is 38.0 Å². The lowest BCUT2D eigenvalue weighted by Crippen LogP contribution is -2.37. The zero-order valence-electron chi connectivity index (χ0n) is 9.23. The van der Waals surface area contributed by atoms with Gasteiger partial charge in [0.1, 0.15) is 0 Å². The van der Waals surface area contributed by atoms with E-state index in [0.29, 0.717) is 4.75 Å². The van der Waals surface area contributed by atoms with Crippen molar-refractivity contribution in [3.63, 3.8) is 0 Å². The van der Waals surface area contributed by atoms with E-state index < -0.39 is 0 Å². The molecule has 0 unspecified atom stereocenters. The average molecular weight is 204 g/mol. The van der Waals surface area contributed by atoms with Crippen molar-refractivity contribution in [3.8, 4) is 0 Å². The summed E-state index contributed by atoms with van der Waals surface area (Å²) in [5, 5.41) is 3.48. The van der Waals surface area contributed by atoms with Crippen LogP contribution in [0.15, 0.2) is 0 Å². The predicted octanol–water partition coefficient (Wildman–Crippen LogP) is 1.85. The zero-order chi connectivity index (χ0) is 10.2. The summed E-state index contributed by atoms with van der Waals surface area (Å²) in [6, 6.07) is 0. The highest BCUT2D eigenvalue weighted by molar-refractivity contribution is 8.00. The van der Waals surface area contributed by atoms with Crippen molar-refractivity contribution in [2.75, 3.05) is 25.9 Å². The van der Waals surface area contributed by atoms with Crippen molar-refractivity contribution >= 4 is 11.8 Å². The molecule has 0 aromatic carbocycles. The maximum Gasteiger partial charge on any atom is 0.0276 e. The molecule has 0 aliphatic rings. The van der Waals surface area contributed by atoms with Gasteiger partial charge in [-0.25, -0.2) is 0 Å². The number of rotatable bonds is 8. The third-order valence-corrected chi connectivity index (χ3v) is 4.31. The second-order valence-electron chi connectivity index (χ2n) is 3.41. The third kappa shape index (κ3) is 4.89. The fourth-order valence-corrected chi connectivity index (χ4v) is 2.23. The lowest BCUT2D eigenvalue weighted by molar-refractivity contribution is 0.492. The average Bonchev–Trinajstić information content (AvgIpc) is 2.20. The van der Waals surface area contributed by atoms with Gasteiger partial charge in [0.05, 0.1) is 0 Å². The van der Waals surface area contributed by atoms with E-state index in [0.717, 1.165) is 26.1 Å². The van der Waals surface area contributed by atoms with E-state index in [2.05, 4.69) is 25.4 Å². The summed E-state index contributed by atoms with van der Waals surface area (Å²) < 4.78 is 0.439. The molecule has 0 saturated carbocycles. The van der Waals surface area contributed by atoms with Gasteiger partial charge < -0.3 is 11.1 Å². The van der Waals surface area contributed by atoms with Crippen molar-refractivity contribution in [2.24, 2.45) is 5.73 Å². The summed E-state index contributed by atoms with van der Waals surface area (Å²) >= 11 is 1.98. The van der Waals surface area contributed by atoms with Crippen LogP contribution in [0.2, 0.25) is 0 Å². The minimum atomic E-state index is 0.439. The van der Waals surface area contributed by atoms with Crippen LogP contribution in [0.25, 0.3) is 0 Å². The Balaban J connectivity index is 3.68. The highest BCUT2D eigenvalue weighted by Gasteiger charge is 2.23. The molecule has 0 atom stereocenters. The minimum absolute atomic E-state index is 0.439. The van der Waals surface area contributed by atoms with E-state index in [1.807, 2.05) is 11.8 Å². The van der Waals surface area contributed by atoms with Crippen LogP contribution in [0, 0.1) is 0 Å². The van der Waals surface area contributed by atoms with Crippen LogP contribution in [0.1, 0.15) is 33.1 Å². The Morgan fingerprint density at radius 2 is 1.92 bits per heavy atom. The van der Waals surface area contributed by atoms with E-state index in [1.165, 1.54) is 12.8 Å². The molecule has 0 aliphatic heterocycles. The first-order valence-electron chi connectivity index (χ1n) is 5.20. The Hall–Kier alpha value is 0.270. The van der Waals surface area contributed by atoms with Gasteiger partial charge in [-0.2, -0.15) is 11.8 Å². The number of nitrogens with two attached hydrogens (primary N) is 1. The zero-order valence-corrected chi connectivity index (χ0v) is 10.0. The Morgan fingerprint density at radius 3 is 2.31 bits per heavy atom. The molecular formula is C10H24N2S. The summed E-state index contributed by atoms with van der Waals surface area (Å²) in [6.45, 7) is 7.49. The molecule has 3 N–H and O–H groups in total. The second kappa shape index (κ2) is 7.65. The summed E-state index contributed by atoms with van der Waals surface area (Å²) in [4.78, 5) is 0. The van der Waals surface area contributed by atoms with E-state index in [4.69, 9.17) is 5.73 Å². The van der Waals surface area contributed by atoms with E-state index >= 15 is 0 Å². The molecule has 80 valence electrons. The molecule has 0 bridgehead atoms. The molecule has 0 amide bonds. The molecule has 2 nitrogen and oxygen atoms in total. The monoisotopic (exact) mass is 204 g/mol. The molecule has 0 aromatic rings. The van der Waals surface area contributed by atoms with Gasteiger partial charge in [-0.15, -0.1) is 0 Å². The number of hydrogen-bond donors (Lipinski definition) is 2. The minimum Gasteiger partial charge on any atom is -0.330 e. The van der Waals surface area contributed by atoms with E-state index in [-0.39, 0.29) is 0 Å². The van der Waals surface area contributed by atoms with Gasteiger partial charge in [0.15, 0.2) is 0 Å². The highest BCUT2D eigenvalue weighted by Crippen LogP contribution is 2.29. The van der Waals surface area contributed by atoms with Gasteiger partial charge in [-0.3, -0.25) is 0 Å². The smallest absolute Gasteiger partial charge is 0.0276 e. The fraction of sp³-hybridized carbons (Fsp3) is 1.00. The van der Waals surface area contributed by atoms with Crippen LogP contribution in [-0.4, -0.2) is 30.6 Å². The molecular weight excluding hydrogens is 180 g/mol. The first-order valence-corrected chi connectivity index (χ1v) is 6.43. The fourth-order valence-electron chi connectivity index (χ4n) is 1.40. The molecule has 0 aromatic heterocycles. The molecule has 0 spiro atoms. The van der Waals surface area contributed by atoms with Crippen molar-refractivity contribution in [3.05, 3.63) is 0 Å². The quantitative estimate of drug-likeness (QED) is 0.593. The maximum atomic E-state index is 5.43. The van der Waals surface area contributed by atoms with Crippen molar-refractivity contribution in [1.82, 2.24) is 5.32 Å². The first-order chi connectivity index (χ1) is 6.24. The largest absolute Gasteiger partial charge is 0.330 e. The van der Waals surface area contributed by atoms with Crippen LogP contribution < -0.4 is 11.1 Å². The van der Waals surface area contributed by atoms with Gasteiger partial charge >= 0.3 is 0 Å². The van der Waals surface area contributed by atoms with Crippen molar-refractivity contribution < 1.29 is 0 Å². The van der Waals surface area contributed by atoms with Gasteiger partial charge in [-0.1, -0.05) is 13.8 Å². The molecule has 0 saturated heterocycles. The van der Waals surface area contributed by atoms with Gasteiger partial charge in [0, 0.05) is 11.3 Å². The summed E-state index contributed by atoms with van der Waals surface area (Å²) in [7, 11) is 0. The molecule has 0 fully saturated rings. The number of nitrogens with one attached hydrogen (secondary N) is 1.